The standard InChI is InChI=1S/C8H14F/c9-8-6-4-2-1-3-5-7-8/h1-7H2. The van der Waals surface area contributed by atoms with Gasteiger partial charge in [0.25, 0.3) is 0 Å². The molecule has 0 heterocycles. The summed E-state index contributed by atoms with van der Waals surface area (Å²) in [6.07, 6.45) is 7.63. The highest BCUT2D eigenvalue weighted by Gasteiger charge is 2.09. The van der Waals surface area contributed by atoms with E-state index in [-0.39, 0.29) is 6.17 Å². The third kappa shape index (κ3) is 2.83. The van der Waals surface area contributed by atoms with Crippen LogP contribution in [0.25, 0.3) is 0 Å². The Morgan fingerprint density at radius 3 is 1.78 bits per heavy atom. The van der Waals surface area contributed by atoms with Gasteiger partial charge in [-0.1, -0.05) is 32.1 Å². The fourth-order valence-electron chi connectivity index (χ4n) is 1.29. The number of hydrogen-bond acceptors (Lipinski definition) is 0. The summed E-state index contributed by atoms with van der Waals surface area (Å²) in [6, 6.07) is 0. The normalized spacial score (nSPS) is 25.0. The molecule has 0 spiro atoms. The van der Waals surface area contributed by atoms with E-state index < -0.39 is 0 Å². The molecular weight excluding hydrogens is 115 g/mol. The predicted molar refractivity (Wildman–Crippen MR) is 36.7 cm³/mol. The van der Waals surface area contributed by atoms with Crippen LogP contribution in [0.15, 0.2) is 0 Å². The monoisotopic (exact) mass is 129 g/mol. The van der Waals surface area contributed by atoms with Crippen molar-refractivity contribution in [2.24, 2.45) is 0 Å². The van der Waals surface area contributed by atoms with Gasteiger partial charge < -0.3 is 0 Å². The van der Waals surface area contributed by atoms with Gasteiger partial charge in [0.05, 0.1) is 0 Å². The van der Waals surface area contributed by atoms with Gasteiger partial charge in [-0.2, -0.15) is 0 Å². The number of hydrogen-bond donors (Lipinski definition) is 0. The molecule has 1 aliphatic carbocycles. The molecule has 1 rings (SSSR count). The molecule has 1 fully saturated rings. The van der Waals surface area contributed by atoms with E-state index in [4.69, 9.17) is 0 Å². The molecule has 0 saturated heterocycles. The molecule has 9 heavy (non-hydrogen) atoms. The molecule has 1 saturated carbocycles. The third-order valence-electron chi connectivity index (χ3n) is 1.90. The smallest absolute Gasteiger partial charge is 0.144 e. The average Bonchev–Trinajstić information content (AvgIpc) is 1.79. The second kappa shape index (κ2) is 3.86. The average molecular weight is 129 g/mol. The molecule has 53 valence electrons. The van der Waals surface area contributed by atoms with Crippen molar-refractivity contribution >= 4 is 0 Å². The summed E-state index contributed by atoms with van der Waals surface area (Å²) in [5.74, 6) is 0. The van der Waals surface area contributed by atoms with Crippen LogP contribution in [0.3, 0.4) is 0 Å². The van der Waals surface area contributed by atoms with Crippen molar-refractivity contribution < 1.29 is 4.39 Å². The first-order valence-electron chi connectivity index (χ1n) is 3.90. The summed E-state index contributed by atoms with van der Waals surface area (Å²) in [5, 5.41) is 0. The highest BCUT2D eigenvalue weighted by Crippen LogP contribution is 2.24. The van der Waals surface area contributed by atoms with E-state index in [1.165, 1.54) is 19.3 Å². The molecule has 0 amide bonds. The fraction of sp³-hybridized carbons (Fsp3) is 0.875. The lowest BCUT2D eigenvalue weighted by Gasteiger charge is -2.09. The van der Waals surface area contributed by atoms with E-state index in [2.05, 4.69) is 0 Å². The van der Waals surface area contributed by atoms with Crippen molar-refractivity contribution in [3.8, 4) is 0 Å². The molecule has 0 nitrogen and oxygen atoms in total. The van der Waals surface area contributed by atoms with Gasteiger partial charge in [-0.3, -0.25) is 0 Å². The zero-order valence-corrected chi connectivity index (χ0v) is 5.83. The highest BCUT2D eigenvalue weighted by molar-refractivity contribution is 4.77. The molecule has 0 aromatic rings. The molecule has 0 aromatic carbocycles. The van der Waals surface area contributed by atoms with Crippen molar-refractivity contribution in [1.82, 2.24) is 0 Å². The maximum Gasteiger partial charge on any atom is 0.144 e. The summed E-state index contributed by atoms with van der Waals surface area (Å²) in [4.78, 5) is 0. The van der Waals surface area contributed by atoms with E-state index in [1.807, 2.05) is 0 Å². The van der Waals surface area contributed by atoms with Crippen LogP contribution >= 0.6 is 0 Å². The van der Waals surface area contributed by atoms with Crippen molar-refractivity contribution in [2.45, 2.75) is 44.9 Å². The summed E-state index contributed by atoms with van der Waals surface area (Å²) in [7, 11) is 0. The topological polar surface area (TPSA) is 0 Å². The van der Waals surface area contributed by atoms with Crippen LogP contribution in [0.4, 0.5) is 4.39 Å². The minimum absolute atomic E-state index is 0.231. The summed E-state index contributed by atoms with van der Waals surface area (Å²) in [5.41, 5.74) is 0. The van der Waals surface area contributed by atoms with E-state index in [9.17, 15) is 4.39 Å². The molecule has 0 N–H and O–H groups in total. The maximum absolute atomic E-state index is 12.5. The van der Waals surface area contributed by atoms with Gasteiger partial charge in [0.2, 0.25) is 0 Å². The Bertz CT molecular complexity index is 63.0. The zero-order valence-electron chi connectivity index (χ0n) is 5.83. The molecular formula is C8H14F. The number of halogens is 1. The van der Waals surface area contributed by atoms with Crippen LogP contribution in [0.2, 0.25) is 0 Å². The Morgan fingerprint density at radius 1 is 0.778 bits per heavy atom. The maximum atomic E-state index is 12.5. The van der Waals surface area contributed by atoms with Crippen LogP contribution in [-0.4, -0.2) is 0 Å². The predicted octanol–water partition coefficient (Wildman–Crippen LogP) is 3.23. The minimum atomic E-state index is 0.231. The minimum Gasteiger partial charge on any atom is -0.240 e. The summed E-state index contributed by atoms with van der Waals surface area (Å²) < 4.78 is 12.5. The number of rotatable bonds is 0. The van der Waals surface area contributed by atoms with E-state index in [1.54, 1.807) is 0 Å². The molecule has 1 radical (unpaired) electrons. The van der Waals surface area contributed by atoms with Gasteiger partial charge in [-0.05, 0) is 12.8 Å². The van der Waals surface area contributed by atoms with Crippen molar-refractivity contribution in [1.29, 1.82) is 0 Å². The van der Waals surface area contributed by atoms with Gasteiger partial charge in [0.15, 0.2) is 0 Å². The molecule has 0 bridgehead atoms. The van der Waals surface area contributed by atoms with Crippen LogP contribution in [0.5, 0.6) is 0 Å². The first kappa shape index (κ1) is 7.04. The largest absolute Gasteiger partial charge is 0.240 e. The second-order valence-corrected chi connectivity index (χ2v) is 2.79. The van der Waals surface area contributed by atoms with Crippen molar-refractivity contribution in [3.63, 3.8) is 0 Å². The Kier molecular flexibility index (Phi) is 3.02. The van der Waals surface area contributed by atoms with Gasteiger partial charge in [0.1, 0.15) is 6.17 Å². The Hall–Kier alpha value is -0.0700. The highest BCUT2D eigenvalue weighted by atomic mass is 19.1. The summed E-state index contributed by atoms with van der Waals surface area (Å²) >= 11 is 0. The first-order chi connectivity index (χ1) is 4.39. The Morgan fingerprint density at radius 2 is 1.22 bits per heavy atom. The second-order valence-electron chi connectivity index (χ2n) is 2.79. The van der Waals surface area contributed by atoms with E-state index in [0.29, 0.717) is 0 Å². The Balaban J connectivity index is 2.12. The molecule has 0 aromatic heterocycles. The molecule has 1 heteroatoms. The van der Waals surface area contributed by atoms with Crippen molar-refractivity contribution in [3.05, 3.63) is 6.17 Å². The molecule has 0 aliphatic heterocycles. The van der Waals surface area contributed by atoms with Crippen LogP contribution < -0.4 is 0 Å². The van der Waals surface area contributed by atoms with Crippen LogP contribution in [0.1, 0.15) is 44.9 Å². The lowest BCUT2D eigenvalue weighted by Crippen LogP contribution is -1.94. The van der Waals surface area contributed by atoms with E-state index in [0.717, 1.165) is 25.7 Å². The van der Waals surface area contributed by atoms with Crippen LogP contribution in [-0.2, 0) is 0 Å². The SMILES string of the molecule is F[C]1CCCCCCC1. The van der Waals surface area contributed by atoms with E-state index >= 15 is 0 Å². The molecule has 0 unspecified atom stereocenters. The lowest BCUT2D eigenvalue weighted by atomic mass is 10.00. The Labute approximate surface area is 56.5 Å². The van der Waals surface area contributed by atoms with Crippen LogP contribution in [0, 0.1) is 6.17 Å². The quantitative estimate of drug-likeness (QED) is 0.471. The van der Waals surface area contributed by atoms with Gasteiger partial charge in [-0.25, -0.2) is 4.39 Å². The van der Waals surface area contributed by atoms with Gasteiger partial charge >= 0.3 is 0 Å². The molecule has 0 atom stereocenters. The lowest BCUT2D eigenvalue weighted by molar-refractivity contribution is 0.380. The summed E-state index contributed by atoms with van der Waals surface area (Å²) in [6.45, 7) is 0. The molecule has 1 aliphatic rings. The third-order valence-corrected chi connectivity index (χ3v) is 1.90. The first-order valence-corrected chi connectivity index (χ1v) is 3.90. The van der Waals surface area contributed by atoms with Gasteiger partial charge in [-0.15, -0.1) is 0 Å². The zero-order chi connectivity index (χ0) is 6.53. The fourth-order valence-corrected chi connectivity index (χ4v) is 1.29. The van der Waals surface area contributed by atoms with Gasteiger partial charge in [0, 0.05) is 0 Å². The van der Waals surface area contributed by atoms with Crippen molar-refractivity contribution in [2.75, 3.05) is 0 Å².